The summed E-state index contributed by atoms with van der Waals surface area (Å²) in [6.07, 6.45) is 0.910. The molecular formula is C13H15ClO. The Morgan fingerprint density at radius 2 is 2.20 bits per heavy atom. The average Bonchev–Trinajstić information content (AvgIpc) is 2.54. The zero-order valence-corrected chi connectivity index (χ0v) is 9.80. The van der Waals surface area contributed by atoms with E-state index in [2.05, 4.69) is 19.9 Å². The standard InChI is InChI=1S/C13H15ClO/c1-8(2)13-10(7-15)5-9-6-11(14)3-4-12(9)13/h3-4,6,10,15H,5,7H2,1-2H3. The number of aliphatic hydroxyl groups excluding tert-OH is 1. The largest absolute Gasteiger partial charge is 0.396 e. The SMILES string of the molecule is CC(C)=C1c2ccc(Cl)cc2CC1CO. The third-order valence-electron chi connectivity index (χ3n) is 2.99. The molecule has 0 radical (unpaired) electrons. The van der Waals surface area contributed by atoms with Crippen molar-refractivity contribution in [1.82, 2.24) is 0 Å². The molecule has 1 aliphatic carbocycles. The van der Waals surface area contributed by atoms with Gasteiger partial charge in [0.05, 0.1) is 6.61 Å². The van der Waals surface area contributed by atoms with Gasteiger partial charge in [-0.2, -0.15) is 0 Å². The average molecular weight is 223 g/mol. The second kappa shape index (κ2) is 3.99. The van der Waals surface area contributed by atoms with Gasteiger partial charge in [0.15, 0.2) is 0 Å². The highest BCUT2D eigenvalue weighted by molar-refractivity contribution is 6.30. The van der Waals surface area contributed by atoms with Crippen LogP contribution in [0.5, 0.6) is 0 Å². The Morgan fingerprint density at radius 1 is 1.47 bits per heavy atom. The molecule has 1 aromatic rings. The smallest absolute Gasteiger partial charge is 0.0503 e. The predicted molar refractivity (Wildman–Crippen MR) is 64.0 cm³/mol. The highest BCUT2D eigenvalue weighted by Gasteiger charge is 2.26. The number of benzene rings is 1. The molecule has 0 heterocycles. The summed E-state index contributed by atoms with van der Waals surface area (Å²) in [5.74, 6) is 0.253. The van der Waals surface area contributed by atoms with Gasteiger partial charge in [0.2, 0.25) is 0 Å². The molecule has 1 atom stereocenters. The molecule has 0 aromatic heterocycles. The lowest BCUT2D eigenvalue weighted by molar-refractivity contribution is 0.259. The molecule has 0 saturated carbocycles. The summed E-state index contributed by atoms with van der Waals surface area (Å²) in [6.45, 7) is 4.41. The van der Waals surface area contributed by atoms with Crippen LogP contribution in [-0.2, 0) is 6.42 Å². The molecule has 0 saturated heterocycles. The van der Waals surface area contributed by atoms with Crippen LogP contribution in [0, 0.1) is 5.92 Å². The molecule has 1 unspecified atom stereocenters. The highest BCUT2D eigenvalue weighted by atomic mass is 35.5. The van der Waals surface area contributed by atoms with Crippen molar-refractivity contribution in [3.05, 3.63) is 39.9 Å². The van der Waals surface area contributed by atoms with Crippen LogP contribution in [0.4, 0.5) is 0 Å². The van der Waals surface area contributed by atoms with Crippen LogP contribution in [0.2, 0.25) is 5.02 Å². The van der Waals surface area contributed by atoms with Crippen molar-refractivity contribution in [2.24, 2.45) is 5.92 Å². The Kier molecular flexibility index (Phi) is 2.85. The van der Waals surface area contributed by atoms with E-state index in [1.807, 2.05) is 12.1 Å². The number of aliphatic hydroxyl groups is 1. The number of hydrogen-bond acceptors (Lipinski definition) is 1. The van der Waals surface area contributed by atoms with Crippen molar-refractivity contribution in [3.63, 3.8) is 0 Å². The van der Waals surface area contributed by atoms with E-state index in [9.17, 15) is 5.11 Å². The maximum atomic E-state index is 9.36. The topological polar surface area (TPSA) is 20.2 Å². The Bertz CT molecular complexity index is 417. The molecule has 1 nitrogen and oxygen atoms in total. The van der Waals surface area contributed by atoms with E-state index < -0.39 is 0 Å². The lowest BCUT2D eigenvalue weighted by Gasteiger charge is -2.10. The van der Waals surface area contributed by atoms with Crippen LogP contribution in [-0.4, -0.2) is 11.7 Å². The predicted octanol–water partition coefficient (Wildman–Crippen LogP) is 3.30. The summed E-state index contributed by atoms with van der Waals surface area (Å²) < 4.78 is 0. The Labute approximate surface area is 95.4 Å². The summed E-state index contributed by atoms with van der Waals surface area (Å²) >= 11 is 5.96. The fourth-order valence-corrected chi connectivity index (χ4v) is 2.61. The first-order chi connectivity index (χ1) is 7.13. The molecule has 1 aromatic carbocycles. The van der Waals surface area contributed by atoms with Gasteiger partial charge in [0.1, 0.15) is 0 Å². The van der Waals surface area contributed by atoms with Gasteiger partial charge in [-0.05, 0) is 49.1 Å². The van der Waals surface area contributed by atoms with Crippen LogP contribution in [0.25, 0.3) is 5.57 Å². The molecular weight excluding hydrogens is 208 g/mol. The van der Waals surface area contributed by atoms with Crippen LogP contribution in [0.1, 0.15) is 25.0 Å². The van der Waals surface area contributed by atoms with E-state index in [-0.39, 0.29) is 12.5 Å². The molecule has 1 aliphatic rings. The third-order valence-corrected chi connectivity index (χ3v) is 3.23. The first-order valence-electron chi connectivity index (χ1n) is 5.20. The Morgan fingerprint density at radius 3 is 2.80 bits per heavy atom. The zero-order chi connectivity index (χ0) is 11.0. The second-order valence-electron chi connectivity index (χ2n) is 4.30. The van der Waals surface area contributed by atoms with Crippen LogP contribution in [0.15, 0.2) is 23.8 Å². The van der Waals surface area contributed by atoms with Crippen LogP contribution >= 0.6 is 11.6 Å². The van der Waals surface area contributed by atoms with Crippen LogP contribution < -0.4 is 0 Å². The minimum Gasteiger partial charge on any atom is -0.396 e. The number of fused-ring (bicyclic) bond motifs is 1. The van der Waals surface area contributed by atoms with Gasteiger partial charge in [0, 0.05) is 10.9 Å². The van der Waals surface area contributed by atoms with Crippen molar-refractivity contribution in [2.75, 3.05) is 6.61 Å². The van der Waals surface area contributed by atoms with Crippen molar-refractivity contribution >= 4 is 17.2 Å². The summed E-state index contributed by atoms with van der Waals surface area (Å²) in [5, 5.41) is 10.1. The molecule has 2 heteroatoms. The molecule has 0 fully saturated rings. The van der Waals surface area contributed by atoms with Crippen LogP contribution in [0.3, 0.4) is 0 Å². The Hall–Kier alpha value is -0.790. The fraction of sp³-hybridized carbons (Fsp3) is 0.385. The molecule has 15 heavy (non-hydrogen) atoms. The van der Waals surface area contributed by atoms with Gasteiger partial charge in [0.25, 0.3) is 0 Å². The summed E-state index contributed by atoms with van der Waals surface area (Å²) in [6, 6.07) is 5.99. The summed E-state index contributed by atoms with van der Waals surface area (Å²) in [7, 11) is 0. The molecule has 0 bridgehead atoms. The summed E-state index contributed by atoms with van der Waals surface area (Å²) in [5.41, 5.74) is 5.11. The monoisotopic (exact) mass is 222 g/mol. The molecule has 2 rings (SSSR count). The van der Waals surface area contributed by atoms with Gasteiger partial charge in [-0.25, -0.2) is 0 Å². The zero-order valence-electron chi connectivity index (χ0n) is 9.05. The molecule has 80 valence electrons. The molecule has 1 N–H and O–H groups in total. The van der Waals surface area contributed by atoms with Gasteiger partial charge in [-0.3, -0.25) is 0 Å². The van der Waals surface area contributed by atoms with Gasteiger partial charge < -0.3 is 5.11 Å². The minimum absolute atomic E-state index is 0.215. The first-order valence-corrected chi connectivity index (χ1v) is 5.58. The Balaban J connectivity index is 2.55. The van der Waals surface area contributed by atoms with E-state index in [4.69, 9.17) is 11.6 Å². The van der Waals surface area contributed by atoms with Crippen molar-refractivity contribution in [2.45, 2.75) is 20.3 Å². The second-order valence-corrected chi connectivity index (χ2v) is 4.74. The fourth-order valence-electron chi connectivity index (χ4n) is 2.41. The number of halogens is 1. The van der Waals surface area contributed by atoms with E-state index in [0.717, 1.165) is 11.4 Å². The van der Waals surface area contributed by atoms with Crippen molar-refractivity contribution in [1.29, 1.82) is 0 Å². The maximum Gasteiger partial charge on any atom is 0.0503 e. The van der Waals surface area contributed by atoms with E-state index in [1.165, 1.54) is 22.3 Å². The molecule has 0 aliphatic heterocycles. The number of allylic oxidation sites excluding steroid dienone is 1. The van der Waals surface area contributed by atoms with E-state index in [1.54, 1.807) is 0 Å². The lowest BCUT2D eigenvalue weighted by atomic mass is 9.96. The first kappa shape index (κ1) is 10.7. The van der Waals surface area contributed by atoms with Crippen molar-refractivity contribution < 1.29 is 5.11 Å². The van der Waals surface area contributed by atoms with E-state index in [0.29, 0.717) is 0 Å². The quantitative estimate of drug-likeness (QED) is 0.773. The van der Waals surface area contributed by atoms with Gasteiger partial charge in [-0.15, -0.1) is 0 Å². The maximum absolute atomic E-state index is 9.36. The summed E-state index contributed by atoms with van der Waals surface area (Å²) in [4.78, 5) is 0. The van der Waals surface area contributed by atoms with Gasteiger partial charge in [-0.1, -0.05) is 23.2 Å². The van der Waals surface area contributed by atoms with Crippen molar-refractivity contribution in [3.8, 4) is 0 Å². The molecule has 0 amide bonds. The third kappa shape index (κ3) is 1.82. The molecule has 0 spiro atoms. The highest BCUT2D eigenvalue weighted by Crippen LogP contribution is 2.39. The number of hydrogen-bond donors (Lipinski definition) is 1. The lowest BCUT2D eigenvalue weighted by Crippen LogP contribution is -2.05. The normalized spacial score (nSPS) is 19.2. The minimum atomic E-state index is 0.215. The van der Waals surface area contributed by atoms with Gasteiger partial charge >= 0.3 is 0 Å². The van der Waals surface area contributed by atoms with E-state index >= 15 is 0 Å². The number of rotatable bonds is 1.